The molecule has 0 heterocycles. The molecule has 0 unspecified atom stereocenters. The van der Waals surface area contributed by atoms with Gasteiger partial charge in [0.2, 0.25) is 0 Å². The molecule has 0 aliphatic heterocycles. The number of carbonyl (C=O) groups is 1. The summed E-state index contributed by atoms with van der Waals surface area (Å²) in [6.07, 6.45) is 2.87. The number of nitrogens with one attached hydrogen (secondary N) is 1. The summed E-state index contributed by atoms with van der Waals surface area (Å²) in [5.41, 5.74) is 0.399. The number of rotatable bonds is 4. The van der Waals surface area contributed by atoms with Crippen LogP contribution in [-0.2, 0) is 0 Å². The molecule has 0 saturated heterocycles. The van der Waals surface area contributed by atoms with Crippen LogP contribution >= 0.6 is 0 Å². The molecule has 78 valence electrons. The lowest BCUT2D eigenvalue weighted by molar-refractivity contribution is -0.384. The van der Waals surface area contributed by atoms with Gasteiger partial charge in [0.15, 0.2) is 5.78 Å². The molecule has 0 amide bonds. The fourth-order valence-electron chi connectivity index (χ4n) is 1.00. The van der Waals surface area contributed by atoms with Gasteiger partial charge in [-0.25, -0.2) is 0 Å². The van der Waals surface area contributed by atoms with Gasteiger partial charge in [0.25, 0.3) is 5.69 Å². The van der Waals surface area contributed by atoms with E-state index in [1.807, 2.05) is 0 Å². The van der Waals surface area contributed by atoms with Gasteiger partial charge in [-0.05, 0) is 12.1 Å². The molecule has 5 heteroatoms. The summed E-state index contributed by atoms with van der Waals surface area (Å²) >= 11 is 0. The number of non-ortho nitro benzene ring substituents is 1. The summed E-state index contributed by atoms with van der Waals surface area (Å²) in [6, 6.07) is 5.47. The molecule has 1 aromatic rings. The zero-order valence-corrected chi connectivity index (χ0v) is 8.14. The number of benzene rings is 1. The van der Waals surface area contributed by atoms with Gasteiger partial charge in [0, 0.05) is 37.0 Å². The molecule has 0 spiro atoms. The average molecular weight is 206 g/mol. The molecule has 1 rings (SSSR count). The van der Waals surface area contributed by atoms with Crippen molar-refractivity contribution in [2.45, 2.75) is 0 Å². The van der Waals surface area contributed by atoms with Crippen molar-refractivity contribution in [1.82, 2.24) is 5.32 Å². The SMILES string of the molecule is CN/C=C/C(=O)c1ccc([N+](=O)[O-])cc1. The Balaban J connectivity index is 2.84. The van der Waals surface area contributed by atoms with Crippen LogP contribution in [0.5, 0.6) is 0 Å². The molecule has 0 aliphatic carbocycles. The number of nitro groups is 1. The highest BCUT2D eigenvalue weighted by atomic mass is 16.6. The van der Waals surface area contributed by atoms with Gasteiger partial charge in [-0.3, -0.25) is 14.9 Å². The Kier molecular flexibility index (Phi) is 3.56. The van der Waals surface area contributed by atoms with Gasteiger partial charge >= 0.3 is 0 Å². The van der Waals surface area contributed by atoms with Gasteiger partial charge in [-0.2, -0.15) is 0 Å². The molecule has 5 nitrogen and oxygen atoms in total. The number of hydrogen-bond donors (Lipinski definition) is 1. The van der Waals surface area contributed by atoms with E-state index in [4.69, 9.17) is 0 Å². The number of allylic oxidation sites excluding steroid dienone is 1. The maximum atomic E-state index is 11.4. The second-order valence-corrected chi connectivity index (χ2v) is 2.79. The fourth-order valence-corrected chi connectivity index (χ4v) is 1.00. The summed E-state index contributed by atoms with van der Waals surface area (Å²) in [4.78, 5) is 21.2. The minimum atomic E-state index is -0.502. The van der Waals surface area contributed by atoms with Crippen molar-refractivity contribution in [2.75, 3.05) is 7.05 Å². The summed E-state index contributed by atoms with van der Waals surface area (Å²) in [7, 11) is 1.68. The number of hydrogen-bond acceptors (Lipinski definition) is 4. The smallest absolute Gasteiger partial charge is 0.269 e. The van der Waals surface area contributed by atoms with E-state index < -0.39 is 4.92 Å². The summed E-state index contributed by atoms with van der Waals surface area (Å²) in [6.45, 7) is 0. The number of nitro benzene ring substituents is 1. The minimum Gasteiger partial charge on any atom is -0.394 e. The van der Waals surface area contributed by atoms with Crippen LogP contribution in [0.2, 0.25) is 0 Å². The van der Waals surface area contributed by atoms with E-state index in [1.165, 1.54) is 36.5 Å². The molecule has 0 fully saturated rings. The Bertz CT molecular complexity index is 396. The molecule has 0 atom stereocenters. The first-order chi connectivity index (χ1) is 7.15. The summed E-state index contributed by atoms with van der Waals surface area (Å²) in [5.74, 6) is -0.195. The molecule has 0 aromatic heterocycles. The predicted molar refractivity (Wildman–Crippen MR) is 55.6 cm³/mol. The second-order valence-electron chi connectivity index (χ2n) is 2.79. The molecular formula is C10H10N2O3. The number of carbonyl (C=O) groups excluding carboxylic acids is 1. The van der Waals surface area contributed by atoms with Gasteiger partial charge in [-0.1, -0.05) is 0 Å². The van der Waals surface area contributed by atoms with E-state index in [9.17, 15) is 14.9 Å². The highest BCUT2D eigenvalue weighted by Crippen LogP contribution is 2.12. The first kappa shape index (κ1) is 10.9. The Morgan fingerprint density at radius 2 is 2.00 bits per heavy atom. The van der Waals surface area contributed by atoms with E-state index in [0.717, 1.165) is 0 Å². The van der Waals surface area contributed by atoms with Gasteiger partial charge in [0.05, 0.1) is 4.92 Å². The molecule has 1 N–H and O–H groups in total. The van der Waals surface area contributed by atoms with Crippen LogP contribution in [0.3, 0.4) is 0 Å². The normalized spacial score (nSPS) is 10.2. The van der Waals surface area contributed by atoms with Crippen LogP contribution in [0.25, 0.3) is 0 Å². The van der Waals surface area contributed by atoms with Crippen molar-refractivity contribution < 1.29 is 9.72 Å². The van der Waals surface area contributed by atoms with E-state index >= 15 is 0 Å². The Morgan fingerprint density at radius 3 is 2.47 bits per heavy atom. The molecule has 0 saturated carbocycles. The van der Waals surface area contributed by atoms with Crippen molar-refractivity contribution in [3.8, 4) is 0 Å². The largest absolute Gasteiger partial charge is 0.394 e. The monoisotopic (exact) mass is 206 g/mol. The summed E-state index contributed by atoms with van der Waals surface area (Å²) < 4.78 is 0. The van der Waals surface area contributed by atoms with Crippen LogP contribution in [-0.4, -0.2) is 17.8 Å². The maximum Gasteiger partial charge on any atom is 0.269 e. The lowest BCUT2D eigenvalue weighted by Gasteiger charge is -1.95. The summed E-state index contributed by atoms with van der Waals surface area (Å²) in [5, 5.41) is 13.0. The topological polar surface area (TPSA) is 72.2 Å². The van der Waals surface area contributed by atoms with E-state index in [0.29, 0.717) is 5.56 Å². The van der Waals surface area contributed by atoms with E-state index in [-0.39, 0.29) is 11.5 Å². The third-order valence-corrected chi connectivity index (χ3v) is 1.76. The molecule has 1 aromatic carbocycles. The molecular weight excluding hydrogens is 196 g/mol. The first-order valence-electron chi connectivity index (χ1n) is 4.27. The van der Waals surface area contributed by atoms with Crippen molar-refractivity contribution in [3.63, 3.8) is 0 Å². The van der Waals surface area contributed by atoms with Crippen molar-refractivity contribution in [3.05, 3.63) is 52.2 Å². The van der Waals surface area contributed by atoms with Crippen LogP contribution in [0.15, 0.2) is 36.5 Å². The highest BCUT2D eigenvalue weighted by molar-refractivity contribution is 6.04. The third-order valence-electron chi connectivity index (χ3n) is 1.76. The van der Waals surface area contributed by atoms with Crippen LogP contribution in [0, 0.1) is 10.1 Å². The van der Waals surface area contributed by atoms with Gasteiger partial charge in [0.1, 0.15) is 0 Å². The average Bonchev–Trinajstić information content (AvgIpc) is 2.26. The lowest BCUT2D eigenvalue weighted by atomic mass is 10.1. The molecule has 15 heavy (non-hydrogen) atoms. The van der Waals surface area contributed by atoms with Crippen LogP contribution in [0.1, 0.15) is 10.4 Å². The van der Waals surface area contributed by atoms with Crippen molar-refractivity contribution in [2.24, 2.45) is 0 Å². The van der Waals surface area contributed by atoms with E-state index in [1.54, 1.807) is 7.05 Å². The van der Waals surface area contributed by atoms with Crippen molar-refractivity contribution >= 4 is 11.5 Å². The molecule has 0 radical (unpaired) electrons. The zero-order chi connectivity index (χ0) is 11.3. The Hall–Kier alpha value is -2.17. The predicted octanol–water partition coefficient (Wildman–Crippen LogP) is 1.51. The van der Waals surface area contributed by atoms with Gasteiger partial charge in [-0.15, -0.1) is 0 Å². The number of ketones is 1. The number of nitrogens with zero attached hydrogens (tertiary/aromatic N) is 1. The zero-order valence-electron chi connectivity index (χ0n) is 8.14. The molecule has 0 aliphatic rings. The third kappa shape index (κ3) is 2.91. The first-order valence-corrected chi connectivity index (χ1v) is 4.27. The van der Waals surface area contributed by atoms with Crippen molar-refractivity contribution in [1.29, 1.82) is 0 Å². The quantitative estimate of drug-likeness (QED) is 0.351. The van der Waals surface area contributed by atoms with E-state index in [2.05, 4.69) is 5.32 Å². The Morgan fingerprint density at radius 1 is 1.40 bits per heavy atom. The Labute approximate surface area is 86.6 Å². The maximum absolute atomic E-state index is 11.4. The van der Waals surface area contributed by atoms with Gasteiger partial charge < -0.3 is 5.32 Å². The standard InChI is InChI=1S/C10H10N2O3/c1-11-7-6-10(13)8-2-4-9(5-3-8)12(14)15/h2-7,11H,1H3/b7-6+. The van der Waals surface area contributed by atoms with Crippen LogP contribution < -0.4 is 5.32 Å². The molecule has 0 bridgehead atoms. The lowest BCUT2D eigenvalue weighted by Crippen LogP contribution is -1.98. The highest BCUT2D eigenvalue weighted by Gasteiger charge is 2.06. The fraction of sp³-hybridized carbons (Fsp3) is 0.100. The van der Waals surface area contributed by atoms with Crippen LogP contribution in [0.4, 0.5) is 5.69 Å². The second kappa shape index (κ2) is 4.90. The minimum absolute atomic E-state index is 0.0239.